The predicted molar refractivity (Wildman–Crippen MR) is 74.8 cm³/mol. The summed E-state index contributed by atoms with van der Waals surface area (Å²) in [4.78, 5) is 22.4. The molecular formula is C13H20N4O4. The summed E-state index contributed by atoms with van der Waals surface area (Å²) in [6.07, 6.45) is 2.88. The molecule has 1 aromatic rings. The first-order chi connectivity index (χ1) is 9.90. The van der Waals surface area contributed by atoms with E-state index in [1.165, 1.54) is 4.68 Å². The molecule has 0 saturated heterocycles. The normalized spacial score (nSPS) is 22.0. The van der Waals surface area contributed by atoms with Gasteiger partial charge in [0.15, 0.2) is 0 Å². The number of nitrogens with zero attached hydrogens (tertiary/aromatic N) is 3. The van der Waals surface area contributed by atoms with Gasteiger partial charge in [-0.2, -0.15) is 5.10 Å². The highest BCUT2D eigenvalue weighted by Gasteiger charge is 2.26. The molecule has 2 rings (SSSR count). The Hall–Kier alpha value is -1.96. The topological polar surface area (TPSA) is 110 Å². The molecule has 0 bridgehead atoms. The molecule has 1 amide bonds. The summed E-state index contributed by atoms with van der Waals surface area (Å²) in [5.41, 5.74) is 0.598. The van der Waals surface area contributed by atoms with Gasteiger partial charge >= 0.3 is 5.69 Å². The highest BCUT2D eigenvalue weighted by molar-refractivity contribution is 5.76. The summed E-state index contributed by atoms with van der Waals surface area (Å²) in [6, 6.07) is -0.238. The van der Waals surface area contributed by atoms with Gasteiger partial charge in [-0.3, -0.25) is 19.6 Å². The molecule has 2 N–H and O–H groups in total. The Morgan fingerprint density at radius 3 is 2.71 bits per heavy atom. The van der Waals surface area contributed by atoms with E-state index in [-0.39, 0.29) is 24.2 Å². The molecule has 1 aromatic heterocycles. The first-order valence-electron chi connectivity index (χ1n) is 7.06. The molecule has 1 heterocycles. The Bertz CT molecular complexity index is 555. The molecule has 8 heteroatoms. The van der Waals surface area contributed by atoms with Crippen LogP contribution < -0.4 is 5.32 Å². The fraction of sp³-hybridized carbons (Fsp3) is 0.692. The van der Waals surface area contributed by atoms with Crippen molar-refractivity contribution in [3.8, 4) is 0 Å². The summed E-state index contributed by atoms with van der Waals surface area (Å²) in [5, 5.41) is 27.6. The Kier molecular flexibility index (Phi) is 4.56. The Morgan fingerprint density at radius 1 is 1.48 bits per heavy atom. The maximum Gasteiger partial charge on any atom is 0.312 e. The zero-order valence-electron chi connectivity index (χ0n) is 12.2. The first-order valence-corrected chi connectivity index (χ1v) is 7.06. The van der Waals surface area contributed by atoms with Crippen molar-refractivity contribution in [3.63, 3.8) is 0 Å². The summed E-state index contributed by atoms with van der Waals surface area (Å²) < 4.78 is 1.33. The van der Waals surface area contributed by atoms with Gasteiger partial charge in [0.1, 0.15) is 17.9 Å². The van der Waals surface area contributed by atoms with Gasteiger partial charge in [0.25, 0.3) is 0 Å². The number of aliphatic hydroxyl groups is 1. The molecule has 0 aromatic carbocycles. The summed E-state index contributed by atoms with van der Waals surface area (Å²) in [6.45, 7) is 3.04. The van der Waals surface area contributed by atoms with Crippen LogP contribution in [0.5, 0.6) is 0 Å². The van der Waals surface area contributed by atoms with Crippen LogP contribution >= 0.6 is 0 Å². The molecule has 1 aliphatic carbocycles. The number of rotatable bonds is 4. The number of aryl methyl sites for hydroxylation is 1. The van der Waals surface area contributed by atoms with Gasteiger partial charge in [-0.15, -0.1) is 0 Å². The van der Waals surface area contributed by atoms with Crippen LogP contribution in [0.4, 0.5) is 5.69 Å². The Balaban J connectivity index is 2.03. The van der Waals surface area contributed by atoms with E-state index in [4.69, 9.17) is 0 Å². The van der Waals surface area contributed by atoms with E-state index < -0.39 is 11.0 Å². The Labute approximate surface area is 122 Å². The molecule has 21 heavy (non-hydrogen) atoms. The van der Waals surface area contributed by atoms with Gasteiger partial charge in [0.05, 0.1) is 17.1 Å². The number of carbonyl (C=O) groups is 1. The lowest BCUT2D eigenvalue weighted by molar-refractivity contribution is -0.386. The van der Waals surface area contributed by atoms with Crippen LogP contribution in [0, 0.1) is 24.0 Å². The van der Waals surface area contributed by atoms with Gasteiger partial charge in [-0.05, 0) is 26.7 Å². The molecule has 0 spiro atoms. The molecule has 1 saturated carbocycles. The molecule has 1 fully saturated rings. The third-order valence-electron chi connectivity index (χ3n) is 3.90. The second-order valence-corrected chi connectivity index (χ2v) is 5.46. The number of aromatic nitrogens is 2. The standard InChI is InChI=1S/C13H20N4O4/c1-8-13(17(20)21)9(2)16(15-8)7-12(19)14-10-5-3-4-6-11(10)18/h10-11,18H,3-7H2,1-2H3,(H,14,19)/t10-,11-/m1/s1. The molecule has 1 aliphatic rings. The van der Waals surface area contributed by atoms with Crippen LogP contribution in [0.1, 0.15) is 37.1 Å². The molecule has 0 aliphatic heterocycles. The average Bonchev–Trinajstić information content (AvgIpc) is 2.67. The molecule has 0 radical (unpaired) electrons. The number of hydrogen-bond donors (Lipinski definition) is 2. The smallest absolute Gasteiger partial charge is 0.312 e. The average molecular weight is 296 g/mol. The number of carbonyl (C=O) groups excluding carboxylic acids is 1. The Morgan fingerprint density at radius 2 is 2.14 bits per heavy atom. The number of amides is 1. The number of hydrogen-bond acceptors (Lipinski definition) is 5. The lowest BCUT2D eigenvalue weighted by atomic mass is 9.92. The first kappa shape index (κ1) is 15.4. The van der Waals surface area contributed by atoms with Crippen molar-refractivity contribution in [1.29, 1.82) is 0 Å². The van der Waals surface area contributed by atoms with Crippen molar-refractivity contribution in [2.24, 2.45) is 0 Å². The van der Waals surface area contributed by atoms with Crippen LogP contribution in [0.15, 0.2) is 0 Å². The fourth-order valence-electron chi connectivity index (χ4n) is 2.77. The van der Waals surface area contributed by atoms with Crippen molar-refractivity contribution in [3.05, 3.63) is 21.5 Å². The quantitative estimate of drug-likeness (QED) is 0.631. The summed E-state index contributed by atoms with van der Waals surface area (Å²) in [7, 11) is 0. The third kappa shape index (κ3) is 3.38. The van der Waals surface area contributed by atoms with Gasteiger partial charge < -0.3 is 10.4 Å². The highest BCUT2D eigenvalue weighted by Crippen LogP contribution is 2.22. The van der Waals surface area contributed by atoms with Gasteiger partial charge in [0.2, 0.25) is 5.91 Å². The second-order valence-electron chi connectivity index (χ2n) is 5.46. The van der Waals surface area contributed by atoms with E-state index in [0.717, 1.165) is 19.3 Å². The van der Waals surface area contributed by atoms with Crippen LogP contribution in [0.25, 0.3) is 0 Å². The van der Waals surface area contributed by atoms with E-state index in [2.05, 4.69) is 10.4 Å². The molecule has 2 atom stereocenters. The molecule has 116 valence electrons. The van der Waals surface area contributed by atoms with Crippen molar-refractivity contribution in [2.75, 3.05) is 0 Å². The largest absolute Gasteiger partial charge is 0.391 e. The second kappa shape index (κ2) is 6.21. The van der Waals surface area contributed by atoms with Crippen molar-refractivity contribution in [1.82, 2.24) is 15.1 Å². The van der Waals surface area contributed by atoms with Crippen molar-refractivity contribution in [2.45, 2.75) is 58.2 Å². The number of aliphatic hydroxyl groups excluding tert-OH is 1. The van der Waals surface area contributed by atoms with E-state index in [9.17, 15) is 20.0 Å². The monoisotopic (exact) mass is 296 g/mol. The fourth-order valence-corrected chi connectivity index (χ4v) is 2.77. The highest BCUT2D eigenvalue weighted by atomic mass is 16.6. The van der Waals surface area contributed by atoms with E-state index in [0.29, 0.717) is 17.8 Å². The van der Waals surface area contributed by atoms with E-state index in [1.54, 1.807) is 13.8 Å². The van der Waals surface area contributed by atoms with E-state index in [1.807, 2.05) is 0 Å². The molecular weight excluding hydrogens is 276 g/mol. The van der Waals surface area contributed by atoms with Crippen LogP contribution in [-0.4, -0.2) is 37.9 Å². The van der Waals surface area contributed by atoms with Crippen molar-refractivity contribution < 1.29 is 14.8 Å². The van der Waals surface area contributed by atoms with Gasteiger partial charge in [-0.25, -0.2) is 0 Å². The molecule has 0 unspecified atom stereocenters. The van der Waals surface area contributed by atoms with Gasteiger partial charge in [0, 0.05) is 0 Å². The zero-order valence-corrected chi connectivity index (χ0v) is 12.2. The zero-order chi connectivity index (χ0) is 15.6. The third-order valence-corrected chi connectivity index (χ3v) is 3.90. The van der Waals surface area contributed by atoms with Gasteiger partial charge in [-0.1, -0.05) is 12.8 Å². The van der Waals surface area contributed by atoms with Crippen molar-refractivity contribution >= 4 is 11.6 Å². The summed E-state index contributed by atoms with van der Waals surface area (Å²) in [5.74, 6) is -0.290. The maximum absolute atomic E-state index is 12.0. The number of nitro groups is 1. The maximum atomic E-state index is 12.0. The number of nitrogens with one attached hydrogen (secondary N) is 1. The minimum absolute atomic E-state index is 0.0551. The molecule has 8 nitrogen and oxygen atoms in total. The van der Waals surface area contributed by atoms with Crippen LogP contribution in [-0.2, 0) is 11.3 Å². The van der Waals surface area contributed by atoms with Crippen LogP contribution in [0.3, 0.4) is 0 Å². The lowest BCUT2D eigenvalue weighted by Crippen LogP contribution is -2.46. The predicted octanol–water partition coefficient (Wildman–Crippen LogP) is 0.828. The summed E-state index contributed by atoms with van der Waals surface area (Å²) >= 11 is 0. The van der Waals surface area contributed by atoms with Crippen LogP contribution in [0.2, 0.25) is 0 Å². The lowest BCUT2D eigenvalue weighted by Gasteiger charge is -2.28. The minimum Gasteiger partial charge on any atom is -0.391 e. The minimum atomic E-state index is -0.516. The SMILES string of the molecule is Cc1nn(CC(=O)N[C@@H]2CCCC[C@H]2O)c(C)c1[N+](=O)[O-]. The van der Waals surface area contributed by atoms with E-state index >= 15 is 0 Å².